The predicted molar refractivity (Wildman–Crippen MR) is 79.0 cm³/mol. The number of hydrogen-bond acceptors (Lipinski definition) is 1. The molecule has 4 atom stereocenters. The standard InChI is InChI=1S/C18H25N/c1-2-6-13(7-3-1)8-4-5-11-19-18-16-14-9-10-15(12-14)17(16)18/h1-3,6-7,14-19H,4-5,8-12H2. The van der Waals surface area contributed by atoms with E-state index in [1.807, 2.05) is 0 Å². The van der Waals surface area contributed by atoms with E-state index in [9.17, 15) is 0 Å². The van der Waals surface area contributed by atoms with Crippen LogP contribution in [0.5, 0.6) is 0 Å². The van der Waals surface area contributed by atoms with Crippen molar-refractivity contribution in [2.45, 2.75) is 44.6 Å². The summed E-state index contributed by atoms with van der Waals surface area (Å²) in [6.45, 7) is 1.24. The number of fused-ring (bicyclic) bond motifs is 5. The van der Waals surface area contributed by atoms with Gasteiger partial charge in [-0.2, -0.15) is 0 Å². The Morgan fingerprint density at radius 1 is 0.947 bits per heavy atom. The van der Waals surface area contributed by atoms with Crippen molar-refractivity contribution in [2.75, 3.05) is 6.54 Å². The maximum absolute atomic E-state index is 3.85. The number of unbranched alkanes of at least 4 members (excludes halogenated alkanes) is 1. The predicted octanol–water partition coefficient (Wildman–Crippen LogP) is 3.64. The molecule has 2 bridgehead atoms. The van der Waals surface area contributed by atoms with Gasteiger partial charge in [0.25, 0.3) is 0 Å². The van der Waals surface area contributed by atoms with Crippen molar-refractivity contribution < 1.29 is 0 Å². The Hall–Kier alpha value is -0.820. The molecule has 1 nitrogen and oxygen atoms in total. The van der Waals surface area contributed by atoms with Gasteiger partial charge in [0, 0.05) is 6.04 Å². The highest BCUT2D eigenvalue weighted by atomic mass is 15.0. The van der Waals surface area contributed by atoms with Gasteiger partial charge in [-0.3, -0.25) is 0 Å². The van der Waals surface area contributed by atoms with Crippen LogP contribution in [0, 0.1) is 23.7 Å². The number of aryl methyl sites for hydroxylation is 1. The summed E-state index contributed by atoms with van der Waals surface area (Å²) >= 11 is 0. The van der Waals surface area contributed by atoms with Gasteiger partial charge < -0.3 is 5.32 Å². The number of rotatable bonds is 6. The second kappa shape index (κ2) is 4.94. The van der Waals surface area contributed by atoms with E-state index in [1.54, 1.807) is 6.42 Å². The molecule has 0 radical (unpaired) electrons. The van der Waals surface area contributed by atoms with E-state index in [2.05, 4.69) is 35.6 Å². The Labute approximate surface area is 116 Å². The van der Waals surface area contributed by atoms with Crippen molar-refractivity contribution in [1.29, 1.82) is 0 Å². The SMILES string of the molecule is c1ccc(CCCCNC2C3C4CCC(C4)C23)cc1. The molecule has 102 valence electrons. The zero-order valence-corrected chi connectivity index (χ0v) is 11.7. The number of benzene rings is 1. The zero-order chi connectivity index (χ0) is 12.7. The van der Waals surface area contributed by atoms with E-state index < -0.39 is 0 Å². The summed E-state index contributed by atoms with van der Waals surface area (Å²) in [5.74, 6) is 4.40. The quantitative estimate of drug-likeness (QED) is 0.765. The summed E-state index contributed by atoms with van der Waals surface area (Å²) in [6, 6.07) is 11.8. The maximum Gasteiger partial charge on any atom is 0.0135 e. The second-order valence-corrected chi connectivity index (χ2v) is 6.91. The molecule has 0 aliphatic heterocycles. The van der Waals surface area contributed by atoms with Gasteiger partial charge in [-0.25, -0.2) is 0 Å². The molecule has 4 rings (SSSR count). The zero-order valence-electron chi connectivity index (χ0n) is 11.7. The Morgan fingerprint density at radius 3 is 2.42 bits per heavy atom. The van der Waals surface area contributed by atoms with Crippen LogP contribution in [0.1, 0.15) is 37.7 Å². The third-order valence-corrected chi connectivity index (χ3v) is 5.85. The van der Waals surface area contributed by atoms with E-state index in [0.717, 1.165) is 29.7 Å². The van der Waals surface area contributed by atoms with E-state index in [-0.39, 0.29) is 0 Å². The molecule has 1 aromatic carbocycles. The van der Waals surface area contributed by atoms with E-state index in [4.69, 9.17) is 0 Å². The summed E-state index contributed by atoms with van der Waals surface area (Å²) in [7, 11) is 0. The number of nitrogens with one attached hydrogen (secondary N) is 1. The smallest absolute Gasteiger partial charge is 0.0135 e. The van der Waals surface area contributed by atoms with Crippen LogP contribution >= 0.6 is 0 Å². The first-order valence-corrected chi connectivity index (χ1v) is 8.21. The third kappa shape index (κ3) is 2.23. The lowest BCUT2D eigenvalue weighted by Gasteiger charge is -2.10. The van der Waals surface area contributed by atoms with Crippen LogP contribution in [0.4, 0.5) is 0 Å². The lowest BCUT2D eigenvalue weighted by Crippen LogP contribution is -2.24. The van der Waals surface area contributed by atoms with E-state index in [1.165, 1.54) is 44.2 Å². The van der Waals surface area contributed by atoms with Crippen molar-refractivity contribution in [3.05, 3.63) is 35.9 Å². The van der Waals surface area contributed by atoms with Gasteiger partial charge in [-0.05, 0) is 74.3 Å². The monoisotopic (exact) mass is 255 g/mol. The Bertz CT molecular complexity index is 411. The topological polar surface area (TPSA) is 12.0 Å². The van der Waals surface area contributed by atoms with Crippen LogP contribution < -0.4 is 5.32 Å². The highest BCUT2D eigenvalue weighted by Crippen LogP contribution is 2.65. The van der Waals surface area contributed by atoms with Crippen LogP contribution in [0.2, 0.25) is 0 Å². The molecule has 19 heavy (non-hydrogen) atoms. The van der Waals surface area contributed by atoms with Crippen LogP contribution in [0.3, 0.4) is 0 Å². The van der Waals surface area contributed by atoms with E-state index in [0.29, 0.717) is 0 Å². The molecule has 3 saturated carbocycles. The van der Waals surface area contributed by atoms with Crippen molar-refractivity contribution in [1.82, 2.24) is 5.32 Å². The van der Waals surface area contributed by atoms with Crippen LogP contribution in [0.25, 0.3) is 0 Å². The highest BCUT2D eigenvalue weighted by molar-refractivity contribution is 5.17. The average Bonchev–Trinajstić information content (AvgIpc) is 2.84. The molecular weight excluding hydrogens is 230 g/mol. The fraction of sp³-hybridized carbons (Fsp3) is 0.667. The van der Waals surface area contributed by atoms with Crippen LogP contribution in [-0.4, -0.2) is 12.6 Å². The molecule has 3 aliphatic carbocycles. The van der Waals surface area contributed by atoms with Gasteiger partial charge >= 0.3 is 0 Å². The van der Waals surface area contributed by atoms with Crippen molar-refractivity contribution in [2.24, 2.45) is 23.7 Å². The van der Waals surface area contributed by atoms with Gasteiger partial charge in [0.2, 0.25) is 0 Å². The lowest BCUT2D eigenvalue weighted by molar-refractivity contribution is 0.456. The number of hydrogen-bond donors (Lipinski definition) is 1. The first kappa shape index (κ1) is 12.0. The Kier molecular flexibility index (Phi) is 3.11. The first-order valence-electron chi connectivity index (χ1n) is 8.21. The summed E-state index contributed by atoms with van der Waals surface area (Å²) in [6.07, 6.45) is 8.55. The average molecular weight is 255 g/mol. The minimum Gasteiger partial charge on any atom is -0.313 e. The van der Waals surface area contributed by atoms with E-state index >= 15 is 0 Å². The fourth-order valence-electron chi connectivity index (χ4n) is 4.97. The molecule has 3 fully saturated rings. The fourth-order valence-corrected chi connectivity index (χ4v) is 4.97. The minimum absolute atomic E-state index is 0.919. The lowest BCUT2D eigenvalue weighted by atomic mass is 10.0. The Morgan fingerprint density at radius 2 is 1.68 bits per heavy atom. The summed E-state index contributed by atoms with van der Waals surface area (Å²) in [5, 5.41) is 3.85. The first-order chi connectivity index (χ1) is 9.43. The van der Waals surface area contributed by atoms with Crippen molar-refractivity contribution in [3.8, 4) is 0 Å². The molecule has 1 aromatic rings. The van der Waals surface area contributed by atoms with Gasteiger partial charge in [0.05, 0.1) is 0 Å². The van der Waals surface area contributed by atoms with Crippen LogP contribution in [0.15, 0.2) is 30.3 Å². The molecule has 0 spiro atoms. The maximum atomic E-state index is 3.85. The molecule has 1 heteroatoms. The van der Waals surface area contributed by atoms with Gasteiger partial charge in [0.1, 0.15) is 0 Å². The Balaban J connectivity index is 1.14. The molecular formula is C18H25N. The summed E-state index contributed by atoms with van der Waals surface area (Å²) in [4.78, 5) is 0. The molecule has 0 heterocycles. The molecule has 4 unspecified atom stereocenters. The van der Waals surface area contributed by atoms with Gasteiger partial charge in [0.15, 0.2) is 0 Å². The molecule has 1 N–H and O–H groups in total. The molecule has 0 aromatic heterocycles. The normalized spacial score (nSPS) is 38.4. The summed E-state index contributed by atoms with van der Waals surface area (Å²) in [5.41, 5.74) is 1.49. The molecule has 3 aliphatic rings. The summed E-state index contributed by atoms with van der Waals surface area (Å²) < 4.78 is 0. The molecule has 0 amide bonds. The second-order valence-electron chi connectivity index (χ2n) is 6.91. The third-order valence-electron chi connectivity index (χ3n) is 5.85. The van der Waals surface area contributed by atoms with Gasteiger partial charge in [-0.1, -0.05) is 30.3 Å². The largest absolute Gasteiger partial charge is 0.313 e. The highest BCUT2D eigenvalue weighted by Gasteiger charge is 2.64. The minimum atomic E-state index is 0.919. The van der Waals surface area contributed by atoms with Crippen molar-refractivity contribution >= 4 is 0 Å². The van der Waals surface area contributed by atoms with Crippen LogP contribution in [-0.2, 0) is 6.42 Å². The van der Waals surface area contributed by atoms with Crippen molar-refractivity contribution in [3.63, 3.8) is 0 Å². The van der Waals surface area contributed by atoms with Gasteiger partial charge in [-0.15, -0.1) is 0 Å². The molecule has 0 saturated heterocycles.